The van der Waals surface area contributed by atoms with Crippen molar-refractivity contribution in [2.45, 2.75) is 0 Å². The Kier molecular flexibility index (Phi) is 3.00. The summed E-state index contributed by atoms with van der Waals surface area (Å²) in [5.41, 5.74) is 0.154. The average Bonchev–Trinajstić information content (AvgIpc) is 2.38. The molecule has 2 aromatic heterocycles. The molecule has 0 aliphatic heterocycles. The molecule has 0 amide bonds. The van der Waals surface area contributed by atoms with Gasteiger partial charge < -0.3 is 0 Å². The monoisotopic (exact) mass is 230 g/mol. The summed E-state index contributed by atoms with van der Waals surface area (Å²) in [6.45, 7) is 0. The minimum absolute atomic E-state index is 0.0219. The van der Waals surface area contributed by atoms with Gasteiger partial charge in [-0.2, -0.15) is 4.39 Å². The van der Waals surface area contributed by atoms with E-state index in [9.17, 15) is 14.0 Å². The van der Waals surface area contributed by atoms with E-state index in [1.165, 1.54) is 24.5 Å². The first-order valence-electron chi connectivity index (χ1n) is 4.79. The van der Waals surface area contributed by atoms with E-state index in [1.54, 1.807) is 6.07 Å². The largest absolute Gasteiger partial charge is 0.285 e. The molecule has 0 atom stereocenters. The number of rotatable bonds is 3. The number of hydrogen-bond acceptors (Lipinski definition) is 4. The summed E-state index contributed by atoms with van der Waals surface area (Å²) < 4.78 is 12.8. The van der Waals surface area contributed by atoms with E-state index in [2.05, 4.69) is 9.97 Å². The molecule has 0 saturated heterocycles. The maximum atomic E-state index is 12.8. The molecular weight excluding hydrogens is 223 g/mol. The Morgan fingerprint density at radius 1 is 1.06 bits per heavy atom. The highest BCUT2D eigenvalue weighted by atomic mass is 19.1. The van der Waals surface area contributed by atoms with Gasteiger partial charge >= 0.3 is 0 Å². The Bertz CT molecular complexity index is 570. The lowest BCUT2D eigenvalue weighted by atomic mass is 10.0. The fourth-order valence-corrected chi connectivity index (χ4v) is 1.30. The summed E-state index contributed by atoms with van der Waals surface area (Å²) in [5.74, 6) is -2.29. The number of halogens is 1. The molecule has 0 radical (unpaired) electrons. The van der Waals surface area contributed by atoms with Crippen LogP contribution in [0.4, 0.5) is 4.39 Å². The first-order chi connectivity index (χ1) is 8.18. The molecule has 0 unspecified atom stereocenters. The van der Waals surface area contributed by atoms with Crippen LogP contribution in [-0.4, -0.2) is 21.5 Å². The number of carbonyl (C=O) groups excluding carboxylic acids is 2. The summed E-state index contributed by atoms with van der Waals surface area (Å²) >= 11 is 0. The van der Waals surface area contributed by atoms with E-state index < -0.39 is 17.5 Å². The number of Topliss-reactive ketones (excluding diaryl/α,β-unsaturated/α-hetero) is 2. The number of nitrogens with zero attached hydrogens (tertiary/aromatic N) is 2. The molecule has 0 saturated carbocycles. The van der Waals surface area contributed by atoms with Crippen molar-refractivity contribution in [3.8, 4) is 0 Å². The molecule has 2 aromatic rings. The molecule has 4 nitrogen and oxygen atoms in total. The van der Waals surface area contributed by atoms with Gasteiger partial charge in [-0.15, -0.1) is 0 Å². The lowest BCUT2D eigenvalue weighted by molar-refractivity contribution is 0.0816. The molecule has 0 aliphatic rings. The van der Waals surface area contributed by atoms with E-state index in [1.807, 2.05) is 0 Å². The molecular formula is C12H7FN2O2. The lowest BCUT2D eigenvalue weighted by Gasteiger charge is -1.99. The van der Waals surface area contributed by atoms with Crippen LogP contribution in [0.2, 0.25) is 0 Å². The quantitative estimate of drug-likeness (QED) is 0.457. The summed E-state index contributed by atoms with van der Waals surface area (Å²) in [6.07, 6.45) is 3.92. The van der Waals surface area contributed by atoms with Gasteiger partial charge in [0.1, 0.15) is 0 Å². The number of hydrogen-bond donors (Lipinski definition) is 0. The molecule has 0 aliphatic carbocycles. The van der Waals surface area contributed by atoms with Crippen molar-refractivity contribution in [3.05, 3.63) is 59.9 Å². The van der Waals surface area contributed by atoms with Crippen LogP contribution >= 0.6 is 0 Å². The molecule has 84 valence electrons. The third-order valence-corrected chi connectivity index (χ3v) is 2.12. The maximum absolute atomic E-state index is 12.8. The van der Waals surface area contributed by atoms with Gasteiger partial charge in [-0.1, -0.05) is 0 Å². The Balaban J connectivity index is 2.30. The van der Waals surface area contributed by atoms with Gasteiger partial charge in [0.2, 0.25) is 17.5 Å². The van der Waals surface area contributed by atoms with E-state index >= 15 is 0 Å². The molecule has 17 heavy (non-hydrogen) atoms. The second-order valence-electron chi connectivity index (χ2n) is 3.27. The number of pyridine rings is 2. The normalized spacial score (nSPS) is 9.94. The Labute approximate surface area is 96.1 Å². The van der Waals surface area contributed by atoms with E-state index in [0.717, 1.165) is 12.3 Å². The molecule has 2 heterocycles. The van der Waals surface area contributed by atoms with Gasteiger partial charge in [-0.25, -0.2) is 4.98 Å². The van der Waals surface area contributed by atoms with E-state index in [0.29, 0.717) is 0 Å². The predicted octanol–water partition coefficient (Wildman–Crippen LogP) is 1.68. The van der Waals surface area contributed by atoms with Crippen molar-refractivity contribution in [1.82, 2.24) is 9.97 Å². The highest BCUT2D eigenvalue weighted by Gasteiger charge is 2.18. The zero-order valence-corrected chi connectivity index (χ0v) is 8.63. The predicted molar refractivity (Wildman–Crippen MR) is 57.1 cm³/mol. The second-order valence-corrected chi connectivity index (χ2v) is 3.27. The Morgan fingerprint density at radius 3 is 2.47 bits per heavy atom. The van der Waals surface area contributed by atoms with Gasteiger partial charge in [-0.3, -0.25) is 14.6 Å². The maximum Gasteiger partial charge on any atom is 0.235 e. The van der Waals surface area contributed by atoms with Crippen LogP contribution < -0.4 is 0 Å². The summed E-state index contributed by atoms with van der Waals surface area (Å²) in [7, 11) is 0. The zero-order valence-electron chi connectivity index (χ0n) is 8.63. The van der Waals surface area contributed by atoms with Crippen molar-refractivity contribution in [3.63, 3.8) is 0 Å². The van der Waals surface area contributed by atoms with Crippen LogP contribution in [0.25, 0.3) is 0 Å². The fraction of sp³-hybridized carbons (Fsp3) is 0. The van der Waals surface area contributed by atoms with Gasteiger partial charge in [0, 0.05) is 35.8 Å². The van der Waals surface area contributed by atoms with Gasteiger partial charge in [0.05, 0.1) is 0 Å². The first-order valence-corrected chi connectivity index (χ1v) is 4.79. The highest BCUT2D eigenvalue weighted by molar-refractivity contribution is 6.49. The molecule has 0 bridgehead atoms. The van der Waals surface area contributed by atoms with Crippen molar-refractivity contribution in [1.29, 1.82) is 0 Å². The lowest BCUT2D eigenvalue weighted by Crippen LogP contribution is -2.15. The first kappa shape index (κ1) is 11.1. The van der Waals surface area contributed by atoms with Gasteiger partial charge in [-0.05, 0) is 18.2 Å². The minimum Gasteiger partial charge on any atom is -0.285 e. The number of ketones is 2. The van der Waals surface area contributed by atoms with Crippen LogP contribution in [0.15, 0.2) is 42.9 Å². The molecule has 2 rings (SSSR count). The standard InChI is InChI=1S/C12H7FN2O2/c13-10-6-8(3-5-15-10)11(16)12(17)9-2-1-4-14-7-9/h1-7H. The third kappa shape index (κ3) is 2.39. The Morgan fingerprint density at radius 2 is 1.82 bits per heavy atom. The van der Waals surface area contributed by atoms with Gasteiger partial charge in [0.15, 0.2) is 0 Å². The van der Waals surface area contributed by atoms with Crippen molar-refractivity contribution >= 4 is 11.6 Å². The summed E-state index contributed by atoms with van der Waals surface area (Å²) in [5, 5.41) is 0. The molecule has 0 spiro atoms. The molecule has 0 aromatic carbocycles. The summed E-state index contributed by atoms with van der Waals surface area (Å²) in [6, 6.07) is 5.24. The van der Waals surface area contributed by atoms with Crippen molar-refractivity contribution in [2.75, 3.05) is 0 Å². The van der Waals surface area contributed by atoms with Crippen molar-refractivity contribution < 1.29 is 14.0 Å². The van der Waals surface area contributed by atoms with Crippen LogP contribution in [0, 0.1) is 5.95 Å². The van der Waals surface area contributed by atoms with Crippen molar-refractivity contribution in [2.24, 2.45) is 0 Å². The second kappa shape index (κ2) is 4.61. The number of carbonyl (C=O) groups is 2. The van der Waals surface area contributed by atoms with Crippen LogP contribution in [-0.2, 0) is 0 Å². The zero-order chi connectivity index (χ0) is 12.3. The Hall–Kier alpha value is -2.43. The molecule has 0 N–H and O–H groups in total. The smallest absolute Gasteiger partial charge is 0.235 e. The van der Waals surface area contributed by atoms with Crippen LogP contribution in [0.3, 0.4) is 0 Å². The van der Waals surface area contributed by atoms with Gasteiger partial charge in [0.25, 0.3) is 0 Å². The third-order valence-electron chi connectivity index (χ3n) is 2.12. The summed E-state index contributed by atoms with van der Waals surface area (Å²) in [4.78, 5) is 30.5. The topological polar surface area (TPSA) is 59.9 Å². The van der Waals surface area contributed by atoms with E-state index in [-0.39, 0.29) is 11.1 Å². The minimum atomic E-state index is -0.796. The van der Waals surface area contributed by atoms with Crippen LogP contribution in [0.1, 0.15) is 20.7 Å². The van der Waals surface area contributed by atoms with E-state index in [4.69, 9.17) is 0 Å². The highest BCUT2D eigenvalue weighted by Crippen LogP contribution is 2.07. The molecule has 5 heteroatoms. The SMILES string of the molecule is O=C(C(=O)c1ccnc(F)c1)c1cccnc1. The number of aromatic nitrogens is 2. The van der Waals surface area contributed by atoms with Crippen LogP contribution in [0.5, 0.6) is 0 Å². The molecule has 0 fully saturated rings. The average molecular weight is 230 g/mol. The fourth-order valence-electron chi connectivity index (χ4n) is 1.30.